The zero-order valence-corrected chi connectivity index (χ0v) is 17.1. The molecule has 0 saturated heterocycles. The van der Waals surface area contributed by atoms with Gasteiger partial charge in [0, 0.05) is 6.42 Å². The molecule has 1 atom stereocenters. The number of ether oxygens (including phenoxy) is 2. The normalized spacial score (nSPS) is 11.2. The van der Waals surface area contributed by atoms with Crippen molar-refractivity contribution in [2.75, 3.05) is 0 Å². The third kappa shape index (κ3) is 7.95. The summed E-state index contributed by atoms with van der Waals surface area (Å²) in [6, 6.07) is 17.6. The lowest BCUT2D eigenvalue weighted by Gasteiger charge is -2.27. The second-order valence-corrected chi connectivity index (χ2v) is 6.68. The lowest BCUT2D eigenvalue weighted by atomic mass is 10.1. The van der Waals surface area contributed by atoms with Gasteiger partial charge in [-0.15, -0.1) is 5.06 Å². The van der Waals surface area contributed by atoms with E-state index in [1.54, 1.807) is 12.1 Å². The quantitative estimate of drug-likeness (QED) is 0.308. The molecule has 0 aliphatic carbocycles. The number of amides is 1. The maximum absolute atomic E-state index is 12.7. The molecule has 2 rings (SSSR count). The summed E-state index contributed by atoms with van der Waals surface area (Å²) in [4.78, 5) is 41.2. The lowest BCUT2D eigenvalue weighted by molar-refractivity contribution is -0.142. The number of hydrogen-bond donors (Lipinski definition) is 0. The van der Waals surface area contributed by atoms with E-state index in [9.17, 15) is 14.4 Å². The molecule has 0 aliphatic rings. The minimum atomic E-state index is -1.04. The van der Waals surface area contributed by atoms with E-state index in [0.29, 0.717) is 12.7 Å². The van der Waals surface area contributed by atoms with Gasteiger partial charge in [0.1, 0.15) is 19.5 Å². The van der Waals surface area contributed by atoms with Crippen LogP contribution >= 0.6 is 0 Å². The number of hydroxylamine groups is 2. The molecule has 0 aromatic heterocycles. The average molecular weight is 413 g/mol. The van der Waals surface area contributed by atoms with Crippen LogP contribution in [0.3, 0.4) is 0 Å². The van der Waals surface area contributed by atoms with Crippen LogP contribution in [0.1, 0.15) is 43.7 Å². The summed E-state index contributed by atoms with van der Waals surface area (Å²) in [5.41, 5.74) is 1.57. The predicted molar refractivity (Wildman–Crippen MR) is 110 cm³/mol. The number of nitrogens with zero attached hydrogens (tertiary/aromatic N) is 1. The Balaban J connectivity index is 2.03. The second-order valence-electron chi connectivity index (χ2n) is 6.68. The van der Waals surface area contributed by atoms with E-state index in [1.165, 1.54) is 0 Å². The Morgan fingerprint density at radius 3 is 2.03 bits per heavy atom. The van der Waals surface area contributed by atoms with Gasteiger partial charge in [0.2, 0.25) is 0 Å². The highest BCUT2D eigenvalue weighted by molar-refractivity contribution is 5.70. The summed E-state index contributed by atoms with van der Waals surface area (Å²) >= 11 is 0. The van der Waals surface area contributed by atoms with Crippen LogP contribution in [0.2, 0.25) is 0 Å². The molecule has 7 heteroatoms. The second kappa shape index (κ2) is 13.0. The van der Waals surface area contributed by atoms with Crippen molar-refractivity contribution in [2.45, 2.75) is 51.9 Å². The van der Waals surface area contributed by atoms with Gasteiger partial charge in [-0.2, -0.15) is 0 Å². The molecule has 0 heterocycles. The first kappa shape index (κ1) is 22.9. The van der Waals surface area contributed by atoms with Crippen LogP contribution in [-0.2, 0) is 32.3 Å². The predicted octanol–water partition coefficient (Wildman–Crippen LogP) is 5.04. The van der Waals surface area contributed by atoms with E-state index >= 15 is 0 Å². The fourth-order valence-electron chi connectivity index (χ4n) is 2.75. The molecule has 7 nitrogen and oxygen atoms in total. The molecule has 0 bridgehead atoms. The zero-order chi connectivity index (χ0) is 21.6. The fourth-order valence-corrected chi connectivity index (χ4v) is 2.75. The molecule has 2 aromatic rings. The highest BCUT2D eigenvalue weighted by atomic mass is 16.8. The third-order valence-electron chi connectivity index (χ3n) is 4.35. The number of carbonyl (C=O) groups excluding carboxylic acids is 3. The summed E-state index contributed by atoms with van der Waals surface area (Å²) in [6.07, 6.45) is 0.926. The Hall–Kier alpha value is -3.35. The van der Waals surface area contributed by atoms with E-state index in [4.69, 9.17) is 14.3 Å². The van der Waals surface area contributed by atoms with Gasteiger partial charge < -0.3 is 14.3 Å². The average Bonchev–Trinajstić information content (AvgIpc) is 2.79. The van der Waals surface area contributed by atoms with Gasteiger partial charge in [-0.05, 0) is 17.5 Å². The smallest absolute Gasteiger partial charge is 0.442 e. The highest BCUT2D eigenvalue weighted by Gasteiger charge is 2.29. The van der Waals surface area contributed by atoms with Crippen LogP contribution in [-0.4, -0.2) is 29.6 Å². The molecule has 0 saturated carbocycles. The van der Waals surface area contributed by atoms with Crippen molar-refractivity contribution in [3.8, 4) is 0 Å². The molecule has 0 fully saturated rings. The van der Waals surface area contributed by atoms with Crippen molar-refractivity contribution in [1.82, 2.24) is 5.06 Å². The van der Waals surface area contributed by atoms with Crippen LogP contribution in [0.25, 0.3) is 0 Å². The van der Waals surface area contributed by atoms with Gasteiger partial charge in [0.25, 0.3) is 0 Å². The molecule has 160 valence electrons. The number of unbranched alkanes of at least 4 members (excludes halogenated alkanes) is 1. The monoisotopic (exact) mass is 413 g/mol. The van der Waals surface area contributed by atoms with Gasteiger partial charge in [0.05, 0.1) is 6.04 Å². The van der Waals surface area contributed by atoms with Crippen LogP contribution in [0.15, 0.2) is 60.7 Å². The standard InChI is InChI=1S/C23H27NO6/c1-2-3-14-21(15-16-25)24(22(26)28-17-19-10-6-4-7-11-19)30-23(27)29-18-20-12-8-5-9-13-20/h4-13,16,21H,2-3,14-15,17-18H2,1H3/t21-/m0/s1. The Morgan fingerprint density at radius 1 is 0.933 bits per heavy atom. The van der Waals surface area contributed by atoms with E-state index in [2.05, 4.69) is 0 Å². The van der Waals surface area contributed by atoms with Crippen LogP contribution in [0.5, 0.6) is 0 Å². The molecule has 0 unspecified atom stereocenters. The van der Waals surface area contributed by atoms with Crippen molar-refractivity contribution in [2.24, 2.45) is 0 Å². The third-order valence-corrected chi connectivity index (χ3v) is 4.35. The SMILES string of the molecule is CCCC[C@@H](CC=O)N(OC(=O)OCc1ccccc1)C(=O)OCc1ccccc1. The Morgan fingerprint density at radius 2 is 1.50 bits per heavy atom. The minimum absolute atomic E-state index is 0.000116. The van der Waals surface area contributed by atoms with E-state index in [1.807, 2.05) is 55.5 Å². The molecular weight excluding hydrogens is 386 g/mol. The summed E-state index contributed by atoms with van der Waals surface area (Å²) in [7, 11) is 0. The Kier molecular flexibility index (Phi) is 9.92. The molecule has 1 amide bonds. The van der Waals surface area contributed by atoms with Gasteiger partial charge in [-0.25, -0.2) is 9.59 Å². The highest BCUT2D eigenvalue weighted by Crippen LogP contribution is 2.16. The summed E-state index contributed by atoms with van der Waals surface area (Å²) < 4.78 is 10.4. The molecule has 0 radical (unpaired) electrons. The van der Waals surface area contributed by atoms with Crippen molar-refractivity contribution in [3.63, 3.8) is 0 Å². The molecule has 0 spiro atoms. The maximum atomic E-state index is 12.7. The first-order valence-electron chi connectivity index (χ1n) is 9.96. The number of hydrogen-bond acceptors (Lipinski definition) is 6. The Bertz CT molecular complexity index is 781. The van der Waals surface area contributed by atoms with E-state index in [-0.39, 0.29) is 19.6 Å². The Labute approximate surface area is 176 Å². The van der Waals surface area contributed by atoms with E-state index < -0.39 is 18.3 Å². The molecule has 0 N–H and O–H groups in total. The lowest BCUT2D eigenvalue weighted by Crippen LogP contribution is -2.42. The summed E-state index contributed by atoms with van der Waals surface area (Å²) in [5.74, 6) is 0. The minimum Gasteiger partial charge on any atom is -0.442 e. The first-order valence-corrected chi connectivity index (χ1v) is 9.96. The largest absolute Gasteiger partial charge is 0.533 e. The van der Waals surface area contributed by atoms with Gasteiger partial charge in [0.15, 0.2) is 0 Å². The molecular formula is C23H27NO6. The number of aldehydes is 1. The van der Waals surface area contributed by atoms with Crippen LogP contribution < -0.4 is 0 Å². The van der Waals surface area contributed by atoms with Gasteiger partial charge >= 0.3 is 12.2 Å². The maximum Gasteiger partial charge on any atom is 0.533 e. The number of carbonyl (C=O) groups is 3. The van der Waals surface area contributed by atoms with E-state index in [0.717, 1.165) is 29.0 Å². The number of rotatable bonds is 10. The summed E-state index contributed by atoms with van der Waals surface area (Å²) in [6.45, 7) is 2.01. The molecule has 0 aliphatic heterocycles. The van der Waals surface area contributed by atoms with Crippen LogP contribution in [0.4, 0.5) is 9.59 Å². The van der Waals surface area contributed by atoms with Crippen molar-refractivity contribution in [1.29, 1.82) is 0 Å². The zero-order valence-electron chi connectivity index (χ0n) is 17.1. The van der Waals surface area contributed by atoms with Crippen LogP contribution in [0, 0.1) is 0 Å². The van der Waals surface area contributed by atoms with Gasteiger partial charge in [-0.3, -0.25) is 4.84 Å². The van der Waals surface area contributed by atoms with Gasteiger partial charge in [-0.1, -0.05) is 80.4 Å². The molecule has 2 aromatic carbocycles. The van der Waals surface area contributed by atoms with Crippen molar-refractivity contribution >= 4 is 18.5 Å². The van der Waals surface area contributed by atoms with Crippen molar-refractivity contribution < 1.29 is 28.7 Å². The van der Waals surface area contributed by atoms with Crippen molar-refractivity contribution in [3.05, 3.63) is 71.8 Å². The topological polar surface area (TPSA) is 82.1 Å². The molecule has 30 heavy (non-hydrogen) atoms. The summed E-state index contributed by atoms with van der Waals surface area (Å²) in [5, 5.41) is 0.820. The first-order chi connectivity index (χ1) is 14.6. The fraction of sp³-hybridized carbons (Fsp3) is 0.348. The number of benzene rings is 2.